The highest BCUT2D eigenvalue weighted by Gasteiger charge is 2.35. The SMILES string of the molecule is CC(C)C[C@H](NC(=O)[C@H](C)NC(=O)[C@H](CCC(N)=O)NC(=O)[C@H](CCC(=O)O)NC(=O)[C@H](CC(C)C)NC(=O)[C@H](CCCCN)NC(=O)CNC(=O)[C@H](C)NC(=O)[C@@H](N)CCC(N)=O)C(=O)N[C@@H](CCCCN)C(=O)N[C@@H](CCC(N)=O)C(=O)O. The fraction of sp³-hybridized carbons (Fsp3) is 0.712. The summed E-state index contributed by atoms with van der Waals surface area (Å²) < 4.78 is 0. The summed E-state index contributed by atoms with van der Waals surface area (Å²) >= 11 is 0. The van der Waals surface area contributed by atoms with Crippen LogP contribution >= 0.6 is 0 Å². The summed E-state index contributed by atoms with van der Waals surface area (Å²) in [4.78, 5) is 193. The van der Waals surface area contributed by atoms with Crippen LogP contribution in [0.2, 0.25) is 0 Å². The van der Waals surface area contributed by atoms with Crippen LogP contribution in [0.25, 0.3) is 0 Å². The van der Waals surface area contributed by atoms with Crippen molar-refractivity contribution in [3.05, 3.63) is 0 Å². The number of carboxylic acids is 2. The molecule has 0 aliphatic rings. The summed E-state index contributed by atoms with van der Waals surface area (Å²) in [6.45, 7) is 9.16. The zero-order valence-electron chi connectivity index (χ0n) is 49.3. The number of carbonyl (C=O) groups is 15. The Kier molecular flexibility index (Phi) is 37.1. The zero-order valence-corrected chi connectivity index (χ0v) is 49.3. The summed E-state index contributed by atoms with van der Waals surface area (Å²) in [5.74, 6) is -15.0. The Bertz CT molecular complexity index is 2310. The van der Waals surface area contributed by atoms with E-state index in [1.807, 2.05) is 0 Å². The molecule has 482 valence electrons. The van der Waals surface area contributed by atoms with E-state index < -0.39 is 181 Å². The third-order valence-electron chi connectivity index (χ3n) is 12.7. The minimum absolute atomic E-state index is 0.00200. The summed E-state index contributed by atoms with van der Waals surface area (Å²) in [6, 6.07) is -14.2. The number of hydrogen-bond donors (Lipinski definition) is 18. The van der Waals surface area contributed by atoms with Crippen LogP contribution in [-0.4, -0.2) is 179 Å². The van der Waals surface area contributed by atoms with Crippen LogP contribution in [0, 0.1) is 11.8 Å². The number of aliphatic carboxylic acids is 2. The quantitative estimate of drug-likeness (QED) is 0.0252. The molecular weight excluding hydrogens is 1120 g/mol. The van der Waals surface area contributed by atoms with Crippen LogP contribution in [0.1, 0.15) is 144 Å². The van der Waals surface area contributed by atoms with E-state index >= 15 is 0 Å². The predicted octanol–water partition coefficient (Wildman–Crippen LogP) is -6.07. The molecule has 0 heterocycles. The van der Waals surface area contributed by atoms with E-state index in [-0.39, 0.29) is 76.3 Å². The molecule has 0 saturated heterocycles. The normalized spacial score (nSPS) is 14.6. The third kappa shape index (κ3) is 33.7. The molecule has 0 aliphatic carbocycles. The van der Waals surface area contributed by atoms with Gasteiger partial charge in [0.25, 0.3) is 0 Å². The van der Waals surface area contributed by atoms with E-state index in [2.05, 4.69) is 53.2 Å². The fourth-order valence-electron chi connectivity index (χ4n) is 7.98. The Labute approximate surface area is 493 Å². The maximum absolute atomic E-state index is 14.1. The van der Waals surface area contributed by atoms with Crippen molar-refractivity contribution < 1.29 is 82.1 Å². The highest BCUT2D eigenvalue weighted by molar-refractivity contribution is 5.99. The number of rotatable bonds is 45. The van der Waals surface area contributed by atoms with Crippen molar-refractivity contribution in [3.8, 4) is 0 Å². The number of nitrogens with two attached hydrogens (primary N) is 6. The lowest BCUT2D eigenvalue weighted by atomic mass is 10.0. The van der Waals surface area contributed by atoms with Gasteiger partial charge in [0, 0.05) is 25.7 Å². The summed E-state index contributed by atoms with van der Waals surface area (Å²) in [6.07, 6.45) is -1.85. The number of nitrogens with one attached hydrogen (secondary N) is 10. The fourth-order valence-corrected chi connectivity index (χ4v) is 7.98. The van der Waals surface area contributed by atoms with Crippen molar-refractivity contribution >= 4 is 88.7 Å². The topological polar surface area (TPSA) is 573 Å². The van der Waals surface area contributed by atoms with Gasteiger partial charge < -0.3 is 97.8 Å². The molecule has 24 N–H and O–H groups in total. The first-order valence-corrected chi connectivity index (χ1v) is 28.2. The molecule has 0 rings (SSSR count). The first-order valence-electron chi connectivity index (χ1n) is 28.2. The molecule has 0 bridgehead atoms. The highest BCUT2D eigenvalue weighted by atomic mass is 16.4. The first-order chi connectivity index (χ1) is 39.7. The van der Waals surface area contributed by atoms with Gasteiger partial charge >= 0.3 is 11.9 Å². The zero-order chi connectivity index (χ0) is 65.1. The van der Waals surface area contributed by atoms with E-state index in [0.717, 1.165) is 0 Å². The van der Waals surface area contributed by atoms with E-state index in [1.165, 1.54) is 13.8 Å². The van der Waals surface area contributed by atoms with Crippen molar-refractivity contribution in [2.45, 2.75) is 205 Å². The second-order valence-electron chi connectivity index (χ2n) is 21.4. The molecular formula is C52H92N16O17. The van der Waals surface area contributed by atoms with Crippen LogP contribution in [0.15, 0.2) is 0 Å². The Morgan fingerprint density at radius 3 is 1.11 bits per heavy atom. The van der Waals surface area contributed by atoms with E-state index in [4.69, 9.17) is 34.4 Å². The number of unbranched alkanes of at least 4 members (excludes halogenated alkanes) is 2. The standard InChI is InChI=1S/C52H92N16O17/c1-26(2)23-36(50(82)63-32(12-8-10-22-54)48(80)66-35(52(84)85)15-19-40(58)71)67-44(76)29(6)61-46(78)33(14-18-39(57)70)64-49(81)34(16-20-42(73)74)65-51(83)37(24-27(3)4)68-47(79)31(11-7-9-21-53)62-41(72)25-59-43(75)28(5)60-45(77)30(55)13-17-38(56)69/h26-37H,7-25,53-55H2,1-6H3,(H2,56,69)(H2,57,70)(H2,58,71)(H,59,75)(H,60,77)(H,61,78)(H,62,72)(H,63,82)(H,64,81)(H,65,83)(H,66,80)(H,67,76)(H,68,79)(H,73,74)(H,84,85)/t28-,29-,30-,31-,32-,33-,34-,35-,36-,37-/m0/s1. The van der Waals surface area contributed by atoms with Crippen molar-refractivity contribution in [1.29, 1.82) is 0 Å². The minimum atomic E-state index is -1.72. The van der Waals surface area contributed by atoms with Crippen molar-refractivity contribution in [2.75, 3.05) is 19.6 Å². The molecule has 0 aromatic rings. The molecule has 85 heavy (non-hydrogen) atoms. The summed E-state index contributed by atoms with van der Waals surface area (Å²) in [7, 11) is 0. The van der Waals surface area contributed by atoms with Crippen molar-refractivity contribution in [2.24, 2.45) is 46.2 Å². The van der Waals surface area contributed by atoms with Gasteiger partial charge in [-0.15, -0.1) is 0 Å². The monoisotopic (exact) mass is 1210 g/mol. The molecule has 0 spiro atoms. The van der Waals surface area contributed by atoms with Crippen LogP contribution in [0.4, 0.5) is 0 Å². The van der Waals surface area contributed by atoms with Gasteiger partial charge in [-0.1, -0.05) is 27.7 Å². The van der Waals surface area contributed by atoms with E-state index in [9.17, 15) is 82.1 Å². The molecule has 0 fully saturated rings. The smallest absolute Gasteiger partial charge is 0.326 e. The predicted molar refractivity (Wildman–Crippen MR) is 304 cm³/mol. The number of amides is 13. The Morgan fingerprint density at radius 2 is 0.694 bits per heavy atom. The third-order valence-corrected chi connectivity index (χ3v) is 12.7. The molecule has 33 heteroatoms. The lowest BCUT2D eigenvalue weighted by molar-refractivity contribution is -0.143. The highest BCUT2D eigenvalue weighted by Crippen LogP contribution is 2.12. The van der Waals surface area contributed by atoms with Gasteiger partial charge in [-0.25, -0.2) is 4.79 Å². The average Bonchev–Trinajstić information content (AvgIpc) is 3.63. The van der Waals surface area contributed by atoms with Crippen LogP contribution < -0.4 is 87.6 Å². The molecule has 0 aromatic carbocycles. The first kappa shape index (κ1) is 76.9. The molecule has 10 atom stereocenters. The molecule has 33 nitrogen and oxygen atoms in total. The van der Waals surface area contributed by atoms with Gasteiger partial charge in [0.05, 0.1) is 12.6 Å². The average molecular weight is 1210 g/mol. The lowest BCUT2D eigenvalue weighted by Gasteiger charge is -2.28. The Morgan fingerprint density at radius 1 is 0.365 bits per heavy atom. The van der Waals surface area contributed by atoms with Gasteiger partial charge in [-0.2, -0.15) is 0 Å². The Balaban J connectivity index is 6.53. The molecule has 0 saturated carbocycles. The molecule has 13 amide bonds. The second-order valence-corrected chi connectivity index (χ2v) is 21.4. The van der Waals surface area contributed by atoms with Gasteiger partial charge in [0.1, 0.15) is 54.4 Å². The van der Waals surface area contributed by atoms with Gasteiger partial charge in [-0.3, -0.25) is 67.1 Å². The number of hydrogen-bond acceptors (Lipinski definition) is 18. The van der Waals surface area contributed by atoms with Gasteiger partial charge in [0.15, 0.2) is 0 Å². The molecule has 0 aromatic heterocycles. The van der Waals surface area contributed by atoms with Gasteiger partial charge in [-0.05, 0) is 116 Å². The van der Waals surface area contributed by atoms with E-state index in [1.54, 1.807) is 27.7 Å². The molecule has 0 aliphatic heterocycles. The largest absolute Gasteiger partial charge is 0.481 e. The Hall–Kier alpha value is -8.07. The number of primary amides is 3. The summed E-state index contributed by atoms with van der Waals surface area (Å²) in [5.41, 5.74) is 32.7. The second kappa shape index (κ2) is 41.0. The minimum Gasteiger partial charge on any atom is -0.481 e. The van der Waals surface area contributed by atoms with Crippen molar-refractivity contribution in [1.82, 2.24) is 53.2 Å². The maximum Gasteiger partial charge on any atom is 0.326 e. The number of carbonyl (C=O) groups excluding carboxylic acids is 13. The van der Waals surface area contributed by atoms with Gasteiger partial charge in [0.2, 0.25) is 76.8 Å². The van der Waals surface area contributed by atoms with Crippen molar-refractivity contribution in [3.63, 3.8) is 0 Å². The van der Waals surface area contributed by atoms with Crippen LogP contribution in [-0.2, 0) is 71.9 Å². The molecule has 0 unspecified atom stereocenters. The maximum atomic E-state index is 14.1. The molecule has 0 radical (unpaired) electrons. The van der Waals surface area contributed by atoms with E-state index in [0.29, 0.717) is 25.7 Å². The summed E-state index contributed by atoms with van der Waals surface area (Å²) in [5, 5.41) is 43.6. The number of carboxylic acid groups (broad SMARTS) is 2. The lowest BCUT2D eigenvalue weighted by Crippen LogP contribution is -2.60. The van der Waals surface area contributed by atoms with Crippen LogP contribution in [0.3, 0.4) is 0 Å². The van der Waals surface area contributed by atoms with Crippen LogP contribution in [0.5, 0.6) is 0 Å².